The zero-order chi connectivity index (χ0) is 16.9. The van der Waals surface area contributed by atoms with Crippen molar-refractivity contribution in [2.75, 3.05) is 26.8 Å². The Balaban J connectivity index is 1.85. The lowest BCUT2D eigenvalue weighted by atomic mass is 10.2. The predicted octanol–water partition coefficient (Wildman–Crippen LogP) is 3.03. The van der Waals surface area contributed by atoms with Crippen LogP contribution >= 0.6 is 0 Å². The van der Waals surface area contributed by atoms with Crippen LogP contribution in [0.15, 0.2) is 41.5 Å². The first-order valence-corrected chi connectivity index (χ1v) is 7.29. The first-order chi connectivity index (χ1) is 11.7. The number of aromatic amines is 1. The van der Waals surface area contributed by atoms with Gasteiger partial charge in [0.05, 0.1) is 44.1 Å². The molecule has 0 amide bonds. The molecule has 3 aromatic rings. The summed E-state index contributed by atoms with van der Waals surface area (Å²) in [7, 11) is 4.75. The SMILES string of the molecule is COc1cc(OC)c(/C=N/Nc2nc3ccccc3[nH]2)c(OC)c1. The van der Waals surface area contributed by atoms with E-state index in [2.05, 4.69) is 20.5 Å². The van der Waals surface area contributed by atoms with E-state index < -0.39 is 0 Å². The van der Waals surface area contributed by atoms with Gasteiger partial charge in [-0.3, -0.25) is 0 Å². The molecule has 0 aliphatic carbocycles. The number of aromatic nitrogens is 2. The number of fused-ring (bicyclic) bond motifs is 1. The number of H-pyrrole nitrogens is 1. The third-order valence-electron chi connectivity index (χ3n) is 3.51. The smallest absolute Gasteiger partial charge is 0.222 e. The highest BCUT2D eigenvalue weighted by Crippen LogP contribution is 2.32. The predicted molar refractivity (Wildman–Crippen MR) is 93.4 cm³/mol. The summed E-state index contributed by atoms with van der Waals surface area (Å²) in [5.74, 6) is 2.40. The quantitative estimate of drug-likeness (QED) is 0.537. The van der Waals surface area contributed by atoms with Gasteiger partial charge in [0, 0.05) is 12.1 Å². The second-order valence-electron chi connectivity index (χ2n) is 4.92. The number of imidazole rings is 1. The molecule has 0 aliphatic rings. The fourth-order valence-electron chi connectivity index (χ4n) is 2.32. The molecule has 0 saturated heterocycles. The largest absolute Gasteiger partial charge is 0.496 e. The molecule has 0 aliphatic heterocycles. The van der Waals surface area contributed by atoms with Gasteiger partial charge >= 0.3 is 0 Å². The monoisotopic (exact) mass is 326 g/mol. The third kappa shape index (κ3) is 3.10. The van der Waals surface area contributed by atoms with Crippen molar-refractivity contribution in [3.8, 4) is 17.2 Å². The molecule has 2 aromatic carbocycles. The lowest BCUT2D eigenvalue weighted by Gasteiger charge is -2.12. The summed E-state index contributed by atoms with van der Waals surface area (Å²) in [6.07, 6.45) is 1.62. The first-order valence-electron chi connectivity index (χ1n) is 7.29. The van der Waals surface area contributed by atoms with E-state index >= 15 is 0 Å². The molecule has 1 aromatic heterocycles. The molecule has 0 bridgehead atoms. The number of rotatable bonds is 6. The molecule has 124 valence electrons. The van der Waals surface area contributed by atoms with Gasteiger partial charge in [0.25, 0.3) is 0 Å². The van der Waals surface area contributed by atoms with Crippen LogP contribution in [0.1, 0.15) is 5.56 Å². The second-order valence-corrected chi connectivity index (χ2v) is 4.92. The zero-order valence-corrected chi connectivity index (χ0v) is 13.7. The van der Waals surface area contributed by atoms with E-state index in [-0.39, 0.29) is 0 Å². The molecular weight excluding hydrogens is 308 g/mol. The number of hydrogen-bond donors (Lipinski definition) is 2. The van der Waals surface area contributed by atoms with Crippen LogP contribution in [0.5, 0.6) is 17.2 Å². The highest BCUT2D eigenvalue weighted by Gasteiger charge is 2.11. The Hall–Kier alpha value is -3.22. The van der Waals surface area contributed by atoms with Gasteiger partial charge in [-0.1, -0.05) is 12.1 Å². The number of nitrogens with one attached hydrogen (secondary N) is 2. The molecule has 0 spiro atoms. The molecule has 7 heteroatoms. The Morgan fingerprint density at radius 3 is 2.38 bits per heavy atom. The number of anilines is 1. The highest BCUT2D eigenvalue weighted by atomic mass is 16.5. The highest BCUT2D eigenvalue weighted by molar-refractivity contribution is 5.88. The summed E-state index contributed by atoms with van der Waals surface area (Å²) < 4.78 is 16.0. The van der Waals surface area contributed by atoms with E-state index in [1.54, 1.807) is 39.7 Å². The van der Waals surface area contributed by atoms with Crippen molar-refractivity contribution in [3.63, 3.8) is 0 Å². The average molecular weight is 326 g/mol. The maximum Gasteiger partial charge on any atom is 0.222 e. The maximum absolute atomic E-state index is 5.38. The summed E-state index contributed by atoms with van der Waals surface area (Å²) in [5.41, 5.74) is 5.38. The minimum absolute atomic E-state index is 0.555. The van der Waals surface area contributed by atoms with Gasteiger partial charge in [0.15, 0.2) is 0 Å². The van der Waals surface area contributed by atoms with E-state index in [0.717, 1.165) is 11.0 Å². The average Bonchev–Trinajstić information content (AvgIpc) is 3.04. The number of benzene rings is 2. The third-order valence-corrected chi connectivity index (χ3v) is 3.51. The van der Waals surface area contributed by atoms with Crippen LogP contribution in [0.25, 0.3) is 11.0 Å². The molecule has 0 unspecified atom stereocenters. The van der Waals surface area contributed by atoms with E-state index in [9.17, 15) is 0 Å². The van der Waals surface area contributed by atoms with E-state index in [1.165, 1.54) is 0 Å². The van der Waals surface area contributed by atoms with Crippen LogP contribution in [0.4, 0.5) is 5.95 Å². The normalized spacial score (nSPS) is 11.0. The van der Waals surface area contributed by atoms with Crippen molar-refractivity contribution >= 4 is 23.2 Å². The molecule has 3 rings (SSSR count). The number of nitrogens with zero attached hydrogens (tertiary/aromatic N) is 2. The molecule has 7 nitrogen and oxygen atoms in total. The summed E-state index contributed by atoms with van der Waals surface area (Å²) in [6, 6.07) is 11.3. The van der Waals surface area contributed by atoms with Crippen LogP contribution in [-0.2, 0) is 0 Å². The van der Waals surface area contributed by atoms with Crippen molar-refractivity contribution in [2.24, 2.45) is 5.10 Å². The molecule has 0 fully saturated rings. The Kier molecular flexibility index (Phi) is 4.51. The lowest BCUT2D eigenvalue weighted by Crippen LogP contribution is -1.99. The van der Waals surface area contributed by atoms with Gasteiger partial charge in [0.1, 0.15) is 17.2 Å². The second kappa shape index (κ2) is 6.91. The minimum Gasteiger partial charge on any atom is -0.496 e. The van der Waals surface area contributed by atoms with Crippen molar-refractivity contribution in [1.29, 1.82) is 0 Å². The first kappa shape index (κ1) is 15.7. The molecule has 0 saturated carbocycles. The summed E-state index contributed by atoms with van der Waals surface area (Å²) in [5, 5.41) is 4.21. The summed E-state index contributed by atoms with van der Waals surface area (Å²) in [6.45, 7) is 0. The van der Waals surface area contributed by atoms with Gasteiger partial charge in [0.2, 0.25) is 5.95 Å². The lowest BCUT2D eigenvalue weighted by molar-refractivity contribution is 0.374. The molecular formula is C17H18N4O3. The van der Waals surface area contributed by atoms with Crippen molar-refractivity contribution in [3.05, 3.63) is 42.0 Å². The Labute approximate surface area is 139 Å². The molecule has 0 radical (unpaired) electrons. The van der Waals surface area contributed by atoms with Crippen LogP contribution in [-0.4, -0.2) is 37.5 Å². The van der Waals surface area contributed by atoms with E-state index in [1.807, 2.05) is 24.3 Å². The topological polar surface area (TPSA) is 80.8 Å². The molecule has 24 heavy (non-hydrogen) atoms. The minimum atomic E-state index is 0.555. The van der Waals surface area contributed by atoms with Gasteiger partial charge in [-0.2, -0.15) is 5.10 Å². The van der Waals surface area contributed by atoms with Gasteiger partial charge in [-0.15, -0.1) is 0 Å². The number of hydrazone groups is 1. The van der Waals surface area contributed by atoms with Gasteiger partial charge < -0.3 is 19.2 Å². The number of hydrogen-bond acceptors (Lipinski definition) is 6. The van der Waals surface area contributed by atoms with Gasteiger partial charge in [-0.25, -0.2) is 10.4 Å². The molecule has 0 atom stereocenters. The van der Waals surface area contributed by atoms with Crippen LogP contribution in [0, 0.1) is 0 Å². The van der Waals surface area contributed by atoms with Crippen LogP contribution in [0.2, 0.25) is 0 Å². The van der Waals surface area contributed by atoms with Crippen molar-refractivity contribution in [2.45, 2.75) is 0 Å². The van der Waals surface area contributed by atoms with Crippen molar-refractivity contribution in [1.82, 2.24) is 9.97 Å². The van der Waals surface area contributed by atoms with Crippen LogP contribution < -0.4 is 19.6 Å². The Bertz CT molecular complexity index is 815. The summed E-state index contributed by atoms with van der Waals surface area (Å²) >= 11 is 0. The van der Waals surface area contributed by atoms with Crippen molar-refractivity contribution < 1.29 is 14.2 Å². The van der Waals surface area contributed by atoms with E-state index in [4.69, 9.17) is 14.2 Å². The number of ether oxygens (including phenoxy) is 3. The molecule has 1 heterocycles. The van der Waals surface area contributed by atoms with Crippen LogP contribution in [0.3, 0.4) is 0 Å². The summed E-state index contributed by atoms with van der Waals surface area (Å²) in [4.78, 5) is 7.53. The standard InChI is InChI=1S/C17H18N4O3/c1-22-11-8-15(23-2)12(16(9-11)24-3)10-18-21-17-19-13-6-4-5-7-14(13)20-17/h4-10H,1-3H3,(H2,19,20,21)/b18-10+. The van der Waals surface area contributed by atoms with E-state index in [0.29, 0.717) is 28.8 Å². The zero-order valence-electron chi connectivity index (χ0n) is 13.7. The fourth-order valence-corrected chi connectivity index (χ4v) is 2.32. The Morgan fingerprint density at radius 1 is 1.04 bits per heavy atom. The number of methoxy groups -OCH3 is 3. The molecule has 2 N–H and O–H groups in total. The Morgan fingerprint density at radius 2 is 1.75 bits per heavy atom. The maximum atomic E-state index is 5.38. The fraction of sp³-hybridized carbons (Fsp3) is 0.176. The number of para-hydroxylation sites is 2. The van der Waals surface area contributed by atoms with Gasteiger partial charge in [-0.05, 0) is 12.1 Å².